The fraction of sp³-hybridized carbons (Fsp3) is 0.176. The summed E-state index contributed by atoms with van der Waals surface area (Å²) in [5, 5.41) is 15.5. The van der Waals surface area contributed by atoms with Gasteiger partial charge in [0.05, 0.1) is 5.69 Å². The topological polar surface area (TPSA) is 61.4 Å². The van der Waals surface area contributed by atoms with Crippen molar-refractivity contribution < 1.29 is 9.90 Å². The third-order valence-corrected chi connectivity index (χ3v) is 4.12. The van der Waals surface area contributed by atoms with Gasteiger partial charge in [-0.2, -0.15) is 0 Å². The molecule has 2 aromatic carbocycles. The van der Waals surface area contributed by atoms with E-state index in [1.165, 1.54) is 0 Å². The molecule has 0 bridgehead atoms. The number of anilines is 1. The van der Waals surface area contributed by atoms with Crippen LogP contribution in [-0.4, -0.2) is 16.1 Å². The maximum Gasteiger partial charge on any atom is 0.257 e. The van der Waals surface area contributed by atoms with E-state index >= 15 is 0 Å². The molecule has 2 aromatic rings. The van der Waals surface area contributed by atoms with E-state index in [9.17, 15) is 9.90 Å². The molecule has 0 aliphatic rings. The van der Waals surface area contributed by atoms with Gasteiger partial charge in [-0.3, -0.25) is 10.1 Å². The number of hydrogen-bond donors (Lipinski definition) is 3. The normalized spacial score (nSPS) is 10.4. The van der Waals surface area contributed by atoms with Crippen LogP contribution in [0.4, 0.5) is 5.69 Å². The van der Waals surface area contributed by atoms with Crippen LogP contribution in [0.15, 0.2) is 42.5 Å². The van der Waals surface area contributed by atoms with Crippen LogP contribution in [0.2, 0.25) is 0 Å². The largest absolute Gasteiger partial charge is 0.506 e. The van der Waals surface area contributed by atoms with E-state index in [1.54, 1.807) is 18.2 Å². The third-order valence-electron chi connectivity index (χ3n) is 3.25. The molecule has 3 N–H and O–H groups in total. The standard InChI is InChI=1S/C17H17IN2O2S/c1-10(2)11-6-7-15(21)14(9-11)19-17(23)20-16(22)12-4-3-5-13(18)8-12/h3-10,21H,1-2H3,(H2,19,20,22,23). The number of nitrogens with one attached hydrogen (secondary N) is 2. The molecular formula is C17H17IN2O2S. The van der Waals surface area contributed by atoms with Crippen molar-refractivity contribution in [3.8, 4) is 5.75 Å². The van der Waals surface area contributed by atoms with E-state index in [-0.39, 0.29) is 16.8 Å². The lowest BCUT2D eigenvalue weighted by Crippen LogP contribution is -2.34. The van der Waals surface area contributed by atoms with Crippen molar-refractivity contribution in [1.29, 1.82) is 0 Å². The van der Waals surface area contributed by atoms with Gasteiger partial charge in [0, 0.05) is 9.13 Å². The second-order valence-corrected chi connectivity index (χ2v) is 7.00. The Labute approximate surface area is 154 Å². The number of thiocarbonyl (C=S) groups is 1. The summed E-state index contributed by atoms with van der Waals surface area (Å²) in [7, 11) is 0. The molecule has 6 heteroatoms. The number of amides is 1. The minimum atomic E-state index is -0.291. The molecule has 2 rings (SSSR count). The number of phenolic OH excluding ortho intramolecular Hbond substituents is 1. The predicted octanol–water partition coefficient (Wildman–Crippen LogP) is 4.25. The Morgan fingerprint density at radius 3 is 2.61 bits per heavy atom. The lowest BCUT2D eigenvalue weighted by Gasteiger charge is -2.13. The molecule has 0 heterocycles. The number of aromatic hydroxyl groups is 1. The highest BCUT2D eigenvalue weighted by molar-refractivity contribution is 14.1. The van der Waals surface area contributed by atoms with E-state index in [0.29, 0.717) is 17.2 Å². The van der Waals surface area contributed by atoms with Gasteiger partial charge in [0.1, 0.15) is 5.75 Å². The van der Waals surface area contributed by atoms with Crippen molar-refractivity contribution in [2.24, 2.45) is 0 Å². The monoisotopic (exact) mass is 440 g/mol. The van der Waals surface area contributed by atoms with Crippen LogP contribution >= 0.6 is 34.8 Å². The second-order valence-electron chi connectivity index (χ2n) is 5.35. The highest BCUT2D eigenvalue weighted by Crippen LogP contribution is 2.27. The van der Waals surface area contributed by atoms with Crippen molar-refractivity contribution in [1.82, 2.24) is 5.32 Å². The number of halogens is 1. The first kappa shape index (κ1) is 17.7. The fourth-order valence-electron chi connectivity index (χ4n) is 1.97. The molecule has 120 valence electrons. The Balaban J connectivity index is 2.08. The van der Waals surface area contributed by atoms with Gasteiger partial charge >= 0.3 is 0 Å². The fourth-order valence-corrected chi connectivity index (χ4v) is 2.72. The molecule has 0 spiro atoms. The van der Waals surface area contributed by atoms with Gasteiger partial charge in [0.25, 0.3) is 5.91 Å². The van der Waals surface area contributed by atoms with Crippen molar-refractivity contribution in [3.63, 3.8) is 0 Å². The van der Waals surface area contributed by atoms with Crippen LogP contribution in [-0.2, 0) is 0 Å². The molecular weight excluding hydrogens is 423 g/mol. The molecule has 0 radical (unpaired) electrons. The number of rotatable bonds is 3. The molecule has 0 aliphatic carbocycles. The van der Waals surface area contributed by atoms with Gasteiger partial charge in [-0.1, -0.05) is 26.0 Å². The minimum Gasteiger partial charge on any atom is -0.506 e. The summed E-state index contributed by atoms with van der Waals surface area (Å²) < 4.78 is 0.969. The van der Waals surface area contributed by atoms with Gasteiger partial charge in [-0.05, 0) is 76.6 Å². The van der Waals surface area contributed by atoms with Gasteiger partial charge in [0.2, 0.25) is 0 Å². The van der Waals surface area contributed by atoms with Crippen LogP contribution < -0.4 is 10.6 Å². The summed E-state index contributed by atoms with van der Waals surface area (Å²) in [4.78, 5) is 12.2. The minimum absolute atomic E-state index is 0.0836. The summed E-state index contributed by atoms with van der Waals surface area (Å²) in [6.07, 6.45) is 0. The number of benzene rings is 2. The smallest absolute Gasteiger partial charge is 0.257 e. The quantitative estimate of drug-likeness (QED) is 0.380. The Morgan fingerprint density at radius 2 is 1.96 bits per heavy atom. The SMILES string of the molecule is CC(C)c1ccc(O)c(NC(=S)NC(=O)c2cccc(I)c2)c1. The van der Waals surface area contributed by atoms with E-state index < -0.39 is 0 Å². The van der Waals surface area contributed by atoms with Crippen molar-refractivity contribution >= 4 is 51.5 Å². The summed E-state index contributed by atoms with van der Waals surface area (Å²) in [6, 6.07) is 12.5. The number of phenols is 1. The molecule has 0 unspecified atom stereocenters. The summed E-state index contributed by atoms with van der Waals surface area (Å²) >= 11 is 7.30. The van der Waals surface area contributed by atoms with Crippen LogP contribution in [0, 0.1) is 3.57 Å². The third kappa shape index (κ3) is 4.90. The number of carbonyl (C=O) groups excluding carboxylic acids is 1. The maximum atomic E-state index is 12.2. The van der Waals surface area contributed by atoms with Crippen molar-refractivity contribution in [2.45, 2.75) is 19.8 Å². The first-order chi connectivity index (χ1) is 10.9. The molecule has 0 fully saturated rings. The summed E-state index contributed by atoms with van der Waals surface area (Å²) in [5.41, 5.74) is 2.07. The zero-order valence-corrected chi connectivity index (χ0v) is 15.7. The van der Waals surface area contributed by atoms with Crippen LogP contribution in [0.1, 0.15) is 35.7 Å². The van der Waals surface area contributed by atoms with Gasteiger partial charge < -0.3 is 10.4 Å². The molecule has 0 saturated carbocycles. The zero-order chi connectivity index (χ0) is 17.0. The Hall–Kier alpha value is -1.67. The van der Waals surface area contributed by atoms with Gasteiger partial charge in [-0.15, -0.1) is 0 Å². The maximum absolute atomic E-state index is 12.2. The molecule has 4 nitrogen and oxygen atoms in total. The van der Waals surface area contributed by atoms with Crippen LogP contribution in [0.25, 0.3) is 0 Å². The average Bonchev–Trinajstić information content (AvgIpc) is 2.49. The Kier molecular flexibility index (Phi) is 5.95. The first-order valence-corrected chi connectivity index (χ1v) is 8.56. The molecule has 1 amide bonds. The van der Waals surface area contributed by atoms with Crippen LogP contribution in [0.5, 0.6) is 5.75 Å². The van der Waals surface area contributed by atoms with E-state index in [4.69, 9.17) is 12.2 Å². The second kappa shape index (κ2) is 7.74. The first-order valence-electron chi connectivity index (χ1n) is 7.07. The highest BCUT2D eigenvalue weighted by Gasteiger charge is 2.11. The predicted molar refractivity (Wildman–Crippen MR) is 105 cm³/mol. The zero-order valence-electron chi connectivity index (χ0n) is 12.8. The van der Waals surface area contributed by atoms with Crippen molar-refractivity contribution in [2.75, 3.05) is 5.32 Å². The molecule has 0 saturated heterocycles. The van der Waals surface area contributed by atoms with Gasteiger partial charge in [0.15, 0.2) is 5.11 Å². The number of hydrogen-bond acceptors (Lipinski definition) is 3. The molecule has 0 aliphatic heterocycles. The highest BCUT2D eigenvalue weighted by atomic mass is 127. The Bertz CT molecular complexity index is 747. The average molecular weight is 440 g/mol. The van der Waals surface area contributed by atoms with E-state index in [0.717, 1.165) is 9.13 Å². The van der Waals surface area contributed by atoms with Crippen molar-refractivity contribution in [3.05, 3.63) is 57.2 Å². The molecule has 0 atom stereocenters. The lowest BCUT2D eigenvalue weighted by molar-refractivity contribution is 0.0977. The summed E-state index contributed by atoms with van der Waals surface area (Å²) in [5.74, 6) is 0.117. The van der Waals surface area contributed by atoms with E-state index in [1.807, 2.05) is 24.3 Å². The summed E-state index contributed by atoms with van der Waals surface area (Å²) in [6.45, 7) is 4.13. The Morgan fingerprint density at radius 1 is 1.22 bits per heavy atom. The number of carbonyl (C=O) groups is 1. The molecule has 23 heavy (non-hydrogen) atoms. The lowest BCUT2D eigenvalue weighted by atomic mass is 10.0. The van der Waals surface area contributed by atoms with Gasteiger partial charge in [-0.25, -0.2) is 0 Å². The van der Waals surface area contributed by atoms with Crippen LogP contribution in [0.3, 0.4) is 0 Å². The van der Waals surface area contributed by atoms with E-state index in [2.05, 4.69) is 47.1 Å². The molecule has 0 aromatic heterocycles.